The van der Waals surface area contributed by atoms with E-state index < -0.39 is 15.4 Å². The first-order valence-corrected chi connectivity index (χ1v) is 9.15. The highest BCUT2D eigenvalue weighted by Gasteiger charge is 2.26. The fourth-order valence-corrected chi connectivity index (χ4v) is 3.84. The molecule has 0 aliphatic carbocycles. The average molecular weight is 326 g/mol. The Morgan fingerprint density at radius 1 is 1.32 bits per heavy atom. The first kappa shape index (κ1) is 17.0. The molecule has 0 atom stereocenters. The summed E-state index contributed by atoms with van der Waals surface area (Å²) in [5.74, 6) is -0.141. The molecule has 0 spiro atoms. The SMILES string of the molecule is CCCCS(=O)(=O)NCC(C)(C)c1c[nH]c2cc(F)ccc12. The molecule has 22 heavy (non-hydrogen) atoms. The standard InChI is InChI=1S/C16H23FN2O2S/c1-4-5-8-22(20,21)19-11-16(2,3)14-10-18-15-9-12(17)6-7-13(14)15/h6-7,9-10,18-19H,4-5,8,11H2,1-3H3. The number of aromatic nitrogens is 1. The first-order chi connectivity index (χ1) is 10.2. The Bertz CT molecular complexity index is 751. The summed E-state index contributed by atoms with van der Waals surface area (Å²) in [7, 11) is -3.25. The van der Waals surface area contributed by atoms with Crippen LogP contribution in [0.4, 0.5) is 4.39 Å². The van der Waals surface area contributed by atoms with Crippen molar-refractivity contribution in [2.75, 3.05) is 12.3 Å². The van der Waals surface area contributed by atoms with Crippen LogP contribution in [0.15, 0.2) is 24.4 Å². The third kappa shape index (κ3) is 3.87. The van der Waals surface area contributed by atoms with Gasteiger partial charge < -0.3 is 4.98 Å². The maximum atomic E-state index is 13.3. The lowest BCUT2D eigenvalue weighted by molar-refractivity contribution is 0.504. The molecule has 0 radical (unpaired) electrons. The Kier molecular flexibility index (Phi) is 4.92. The maximum absolute atomic E-state index is 13.3. The van der Waals surface area contributed by atoms with Gasteiger partial charge in [0.1, 0.15) is 5.82 Å². The summed E-state index contributed by atoms with van der Waals surface area (Å²) in [5.41, 5.74) is 1.30. The molecule has 6 heteroatoms. The Balaban J connectivity index is 2.18. The van der Waals surface area contributed by atoms with E-state index in [2.05, 4.69) is 9.71 Å². The summed E-state index contributed by atoms with van der Waals surface area (Å²) < 4.78 is 39.8. The molecule has 0 saturated heterocycles. The molecule has 0 amide bonds. The van der Waals surface area contributed by atoms with Crippen LogP contribution in [0.5, 0.6) is 0 Å². The van der Waals surface area contributed by atoms with E-state index in [-0.39, 0.29) is 11.6 Å². The van der Waals surface area contributed by atoms with Crippen LogP contribution < -0.4 is 4.72 Å². The number of nitrogens with one attached hydrogen (secondary N) is 2. The highest BCUT2D eigenvalue weighted by Crippen LogP contribution is 2.30. The molecule has 4 nitrogen and oxygen atoms in total. The van der Waals surface area contributed by atoms with E-state index in [9.17, 15) is 12.8 Å². The second-order valence-corrected chi connectivity index (χ2v) is 8.20. The quantitative estimate of drug-likeness (QED) is 0.820. The largest absolute Gasteiger partial charge is 0.361 e. The molecule has 0 saturated carbocycles. The molecule has 0 aliphatic heterocycles. The van der Waals surface area contributed by atoms with Crippen molar-refractivity contribution >= 4 is 20.9 Å². The van der Waals surface area contributed by atoms with Crippen LogP contribution >= 0.6 is 0 Å². The van der Waals surface area contributed by atoms with Gasteiger partial charge in [0.05, 0.1) is 5.75 Å². The minimum Gasteiger partial charge on any atom is -0.361 e. The van der Waals surface area contributed by atoms with Crippen LogP contribution in [0.2, 0.25) is 0 Å². The molecule has 0 unspecified atom stereocenters. The van der Waals surface area contributed by atoms with Gasteiger partial charge in [-0.15, -0.1) is 0 Å². The smallest absolute Gasteiger partial charge is 0.211 e. The minimum absolute atomic E-state index is 0.151. The molecule has 1 aromatic heterocycles. The van der Waals surface area contributed by atoms with Gasteiger partial charge >= 0.3 is 0 Å². The van der Waals surface area contributed by atoms with Crippen LogP contribution in [0.3, 0.4) is 0 Å². The van der Waals surface area contributed by atoms with Gasteiger partial charge in [-0.25, -0.2) is 17.5 Å². The number of rotatable bonds is 7. The normalized spacial score (nSPS) is 12.9. The van der Waals surface area contributed by atoms with Crippen LogP contribution in [0.25, 0.3) is 10.9 Å². The van der Waals surface area contributed by atoms with Gasteiger partial charge in [0, 0.05) is 29.1 Å². The van der Waals surface area contributed by atoms with Crippen molar-refractivity contribution in [2.24, 2.45) is 0 Å². The van der Waals surface area contributed by atoms with Crippen LogP contribution in [0.1, 0.15) is 39.2 Å². The molecule has 0 bridgehead atoms. The topological polar surface area (TPSA) is 62.0 Å². The van der Waals surface area contributed by atoms with Gasteiger partial charge in [-0.2, -0.15) is 0 Å². The van der Waals surface area contributed by atoms with Crippen molar-refractivity contribution in [3.63, 3.8) is 0 Å². The number of sulfonamides is 1. The summed E-state index contributed by atoms with van der Waals surface area (Å²) in [4.78, 5) is 3.05. The zero-order chi connectivity index (χ0) is 16.4. The molecule has 122 valence electrons. The summed E-state index contributed by atoms with van der Waals surface area (Å²) in [5, 5.41) is 0.916. The van der Waals surface area contributed by atoms with Gasteiger partial charge in [-0.05, 0) is 30.2 Å². The Labute approximate surface area is 131 Å². The lowest BCUT2D eigenvalue weighted by Crippen LogP contribution is -2.37. The molecule has 1 aromatic carbocycles. The molecule has 2 N–H and O–H groups in total. The third-order valence-corrected chi connectivity index (χ3v) is 5.28. The zero-order valence-corrected chi connectivity index (χ0v) is 14.1. The molecular weight excluding hydrogens is 303 g/mol. The molecule has 2 rings (SSSR count). The average Bonchev–Trinajstić information content (AvgIpc) is 2.87. The number of benzene rings is 1. The maximum Gasteiger partial charge on any atom is 0.211 e. The predicted octanol–water partition coefficient (Wildman–Crippen LogP) is 3.30. The Hall–Kier alpha value is -1.40. The monoisotopic (exact) mass is 326 g/mol. The number of hydrogen-bond donors (Lipinski definition) is 2. The van der Waals surface area contributed by atoms with Gasteiger partial charge in [0.25, 0.3) is 0 Å². The van der Waals surface area contributed by atoms with E-state index in [4.69, 9.17) is 0 Å². The van der Waals surface area contributed by atoms with E-state index in [0.717, 1.165) is 22.9 Å². The minimum atomic E-state index is -3.25. The predicted molar refractivity (Wildman–Crippen MR) is 88.0 cm³/mol. The number of aromatic amines is 1. The number of fused-ring (bicyclic) bond motifs is 1. The van der Waals surface area contributed by atoms with E-state index in [0.29, 0.717) is 13.0 Å². The summed E-state index contributed by atoms with van der Waals surface area (Å²) in [6, 6.07) is 4.59. The van der Waals surface area contributed by atoms with Crippen LogP contribution in [0, 0.1) is 5.82 Å². The van der Waals surface area contributed by atoms with Gasteiger partial charge in [0.2, 0.25) is 10.0 Å². The van der Waals surface area contributed by atoms with E-state index in [1.165, 1.54) is 12.1 Å². The molecule has 2 aromatic rings. The van der Waals surface area contributed by atoms with E-state index >= 15 is 0 Å². The highest BCUT2D eigenvalue weighted by molar-refractivity contribution is 7.89. The number of unbranched alkanes of at least 4 members (excludes halogenated alkanes) is 1. The number of halogens is 1. The van der Waals surface area contributed by atoms with Crippen molar-refractivity contribution in [1.29, 1.82) is 0 Å². The summed E-state index contributed by atoms with van der Waals surface area (Å²) in [6.07, 6.45) is 3.32. The van der Waals surface area contributed by atoms with Crippen molar-refractivity contribution < 1.29 is 12.8 Å². The molecule has 0 aliphatic rings. The Morgan fingerprint density at radius 2 is 2.05 bits per heavy atom. The Morgan fingerprint density at radius 3 is 2.73 bits per heavy atom. The van der Waals surface area contributed by atoms with Crippen molar-refractivity contribution in [3.05, 3.63) is 35.8 Å². The number of H-pyrrole nitrogens is 1. The second-order valence-electron chi connectivity index (χ2n) is 6.27. The van der Waals surface area contributed by atoms with E-state index in [1.54, 1.807) is 6.07 Å². The summed E-state index contributed by atoms with van der Waals surface area (Å²) in [6.45, 7) is 6.22. The van der Waals surface area contributed by atoms with E-state index in [1.807, 2.05) is 27.0 Å². The number of hydrogen-bond acceptors (Lipinski definition) is 2. The zero-order valence-electron chi connectivity index (χ0n) is 13.2. The highest BCUT2D eigenvalue weighted by atomic mass is 32.2. The first-order valence-electron chi connectivity index (χ1n) is 7.49. The molecule has 1 heterocycles. The van der Waals surface area contributed by atoms with Crippen molar-refractivity contribution in [1.82, 2.24) is 9.71 Å². The fraction of sp³-hybridized carbons (Fsp3) is 0.500. The van der Waals surface area contributed by atoms with Crippen LogP contribution in [-0.4, -0.2) is 25.7 Å². The summed E-state index contributed by atoms with van der Waals surface area (Å²) >= 11 is 0. The van der Waals surface area contributed by atoms with Gasteiger partial charge in [-0.3, -0.25) is 0 Å². The van der Waals surface area contributed by atoms with Crippen molar-refractivity contribution in [2.45, 2.75) is 39.0 Å². The van der Waals surface area contributed by atoms with Crippen molar-refractivity contribution in [3.8, 4) is 0 Å². The lowest BCUT2D eigenvalue weighted by atomic mass is 9.85. The van der Waals surface area contributed by atoms with Crippen LogP contribution in [-0.2, 0) is 15.4 Å². The second kappa shape index (κ2) is 6.38. The van der Waals surface area contributed by atoms with Gasteiger partial charge in [-0.1, -0.05) is 27.2 Å². The molecule has 0 fully saturated rings. The fourth-order valence-electron chi connectivity index (χ4n) is 2.45. The third-order valence-electron chi connectivity index (χ3n) is 3.87. The molecular formula is C16H23FN2O2S. The van der Waals surface area contributed by atoms with Gasteiger partial charge in [0.15, 0.2) is 0 Å². The lowest BCUT2D eigenvalue weighted by Gasteiger charge is -2.25.